The molecule has 140 valence electrons. The normalized spacial score (nSPS) is 28.2. The first-order chi connectivity index (χ1) is 12.2. The van der Waals surface area contributed by atoms with Crippen molar-refractivity contribution in [3.8, 4) is 11.5 Å². The van der Waals surface area contributed by atoms with Crippen LogP contribution in [0.4, 0.5) is 8.78 Å². The minimum atomic E-state index is -0.954. The molecule has 2 nitrogen and oxygen atoms in total. The van der Waals surface area contributed by atoms with Crippen LogP contribution in [0.25, 0.3) is 0 Å². The molecule has 0 bridgehead atoms. The van der Waals surface area contributed by atoms with Gasteiger partial charge in [0.05, 0.1) is 13.2 Å². The zero-order valence-corrected chi connectivity index (χ0v) is 15.4. The van der Waals surface area contributed by atoms with Crippen molar-refractivity contribution in [2.45, 2.75) is 58.8 Å². The fourth-order valence-corrected chi connectivity index (χ4v) is 4.96. The Hall–Kier alpha value is -1.32. The molecule has 2 fully saturated rings. The molecule has 0 radical (unpaired) electrons. The highest BCUT2D eigenvalue weighted by atomic mass is 19.2. The van der Waals surface area contributed by atoms with Gasteiger partial charge in [0.2, 0.25) is 11.6 Å². The topological polar surface area (TPSA) is 18.5 Å². The van der Waals surface area contributed by atoms with E-state index >= 15 is 0 Å². The van der Waals surface area contributed by atoms with Crippen LogP contribution in [0.5, 0.6) is 11.5 Å². The molecule has 0 aliphatic heterocycles. The highest BCUT2D eigenvalue weighted by molar-refractivity contribution is 5.35. The first kappa shape index (κ1) is 18.5. The van der Waals surface area contributed by atoms with Gasteiger partial charge >= 0.3 is 0 Å². The highest BCUT2D eigenvalue weighted by Crippen LogP contribution is 2.52. The molecule has 1 aromatic carbocycles. The van der Waals surface area contributed by atoms with E-state index in [1.807, 2.05) is 0 Å². The van der Waals surface area contributed by atoms with Crippen LogP contribution >= 0.6 is 0 Å². The first-order valence-electron chi connectivity index (χ1n) is 9.89. The molecule has 0 N–H and O–H groups in total. The number of ether oxygens (including phenoxy) is 2. The summed E-state index contributed by atoms with van der Waals surface area (Å²) >= 11 is 0. The lowest BCUT2D eigenvalue weighted by molar-refractivity contribution is 0.193. The molecule has 0 heterocycles. The minimum absolute atomic E-state index is 0.00457. The van der Waals surface area contributed by atoms with E-state index in [2.05, 4.69) is 6.92 Å². The Bertz CT molecular complexity index is 575. The summed E-state index contributed by atoms with van der Waals surface area (Å²) in [4.78, 5) is 0. The maximum atomic E-state index is 14.1. The van der Waals surface area contributed by atoms with E-state index in [-0.39, 0.29) is 11.5 Å². The lowest BCUT2D eigenvalue weighted by Crippen LogP contribution is -2.19. The van der Waals surface area contributed by atoms with E-state index in [1.165, 1.54) is 50.7 Å². The molecule has 3 rings (SSSR count). The van der Waals surface area contributed by atoms with Gasteiger partial charge in [-0.25, -0.2) is 0 Å². The monoisotopic (exact) mass is 352 g/mol. The summed E-state index contributed by atoms with van der Waals surface area (Å²) in [5.74, 6) is 0.935. The highest BCUT2D eigenvalue weighted by Gasteiger charge is 2.44. The lowest BCUT2D eigenvalue weighted by Gasteiger charge is -2.21. The Labute approximate surface area is 149 Å². The number of rotatable bonds is 8. The molecule has 4 heteroatoms. The van der Waals surface area contributed by atoms with Crippen LogP contribution in [0.1, 0.15) is 58.8 Å². The summed E-state index contributed by atoms with van der Waals surface area (Å²) in [5.41, 5.74) is 0. The zero-order valence-electron chi connectivity index (χ0n) is 15.4. The maximum absolute atomic E-state index is 14.1. The Kier molecular flexibility index (Phi) is 6.19. The van der Waals surface area contributed by atoms with Crippen LogP contribution < -0.4 is 9.47 Å². The van der Waals surface area contributed by atoms with E-state index in [0.717, 1.165) is 18.3 Å². The van der Waals surface area contributed by atoms with Gasteiger partial charge in [-0.1, -0.05) is 26.2 Å². The number of benzene rings is 1. The van der Waals surface area contributed by atoms with Gasteiger partial charge in [-0.3, -0.25) is 0 Å². The van der Waals surface area contributed by atoms with Gasteiger partial charge < -0.3 is 9.47 Å². The third-order valence-electron chi connectivity index (χ3n) is 6.20. The number of fused-ring (bicyclic) bond motifs is 1. The maximum Gasteiger partial charge on any atom is 0.204 e. The van der Waals surface area contributed by atoms with Crippen molar-refractivity contribution in [2.75, 3.05) is 13.2 Å². The van der Waals surface area contributed by atoms with E-state index < -0.39 is 11.6 Å². The summed E-state index contributed by atoms with van der Waals surface area (Å²) < 4.78 is 38.9. The molecule has 2 saturated carbocycles. The largest absolute Gasteiger partial charge is 0.491 e. The van der Waals surface area contributed by atoms with Crippen LogP contribution in [-0.2, 0) is 0 Å². The number of hydrogen-bond donors (Lipinski definition) is 0. The molecule has 2 aliphatic rings. The summed E-state index contributed by atoms with van der Waals surface area (Å²) in [5, 5.41) is 0. The van der Waals surface area contributed by atoms with E-state index in [1.54, 1.807) is 6.92 Å². The van der Waals surface area contributed by atoms with Crippen molar-refractivity contribution in [2.24, 2.45) is 23.7 Å². The van der Waals surface area contributed by atoms with Crippen LogP contribution in [0, 0.1) is 35.3 Å². The molecule has 0 aromatic heterocycles. The molecule has 4 unspecified atom stereocenters. The van der Waals surface area contributed by atoms with Crippen molar-refractivity contribution in [3.05, 3.63) is 23.8 Å². The lowest BCUT2D eigenvalue weighted by atomic mass is 9.86. The molecule has 0 spiro atoms. The fraction of sp³-hybridized carbons (Fsp3) is 0.714. The van der Waals surface area contributed by atoms with Gasteiger partial charge in [0, 0.05) is 0 Å². The predicted molar refractivity (Wildman–Crippen MR) is 95.0 cm³/mol. The second-order valence-electron chi connectivity index (χ2n) is 7.58. The third kappa shape index (κ3) is 3.93. The summed E-state index contributed by atoms with van der Waals surface area (Å²) in [6.45, 7) is 4.79. The standard InChI is InChI=1S/C21H30F2O2/c1-3-5-6-14-7-9-17-15(8-10-16(14)17)13-25-19-12-11-18(24-4-2)20(22)21(19)23/h11-12,14-17H,3-10,13H2,1-2H3. The van der Waals surface area contributed by atoms with Crippen LogP contribution in [0.3, 0.4) is 0 Å². The second kappa shape index (κ2) is 8.37. The molecule has 4 atom stereocenters. The van der Waals surface area contributed by atoms with E-state index in [9.17, 15) is 8.78 Å². The minimum Gasteiger partial charge on any atom is -0.491 e. The molecule has 0 amide bonds. The van der Waals surface area contributed by atoms with Gasteiger partial charge in [0.1, 0.15) is 0 Å². The van der Waals surface area contributed by atoms with Crippen LogP contribution in [0.2, 0.25) is 0 Å². The summed E-state index contributed by atoms with van der Waals surface area (Å²) in [6.07, 6.45) is 8.97. The van der Waals surface area contributed by atoms with Crippen molar-refractivity contribution >= 4 is 0 Å². The van der Waals surface area contributed by atoms with Crippen molar-refractivity contribution in [1.29, 1.82) is 0 Å². The summed E-state index contributed by atoms with van der Waals surface area (Å²) in [7, 11) is 0. The average molecular weight is 352 g/mol. The van der Waals surface area contributed by atoms with Gasteiger partial charge in [0.15, 0.2) is 11.5 Å². The first-order valence-corrected chi connectivity index (χ1v) is 9.89. The fourth-order valence-electron chi connectivity index (χ4n) is 4.96. The molecule has 0 saturated heterocycles. The SMILES string of the molecule is CCCCC1CCC2C(COc3ccc(OCC)c(F)c3F)CCC12. The van der Waals surface area contributed by atoms with Crippen molar-refractivity contribution in [1.82, 2.24) is 0 Å². The van der Waals surface area contributed by atoms with Crippen LogP contribution in [-0.4, -0.2) is 13.2 Å². The van der Waals surface area contributed by atoms with E-state index in [4.69, 9.17) is 9.47 Å². The number of halogens is 2. The third-order valence-corrected chi connectivity index (χ3v) is 6.20. The van der Waals surface area contributed by atoms with Gasteiger partial charge in [-0.15, -0.1) is 0 Å². The van der Waals surface area contributed by atoms with Gasteiger partial charge in [-0.05, 0) is 68.4 Å². The smallest absolute Gasteiger partial charge is 0.204 e. The van der Waals surface area contributed by atoms with Gasteiger partial charge in [0.25, 0.3) is 0 Å². The summed E-state index contributed by atoms with van der Waals surface area (Å²) in [6, 6.07) is 2.93. The molecular weight excluding hydrogens is 322 g/mol. The van der Waals surface area contributed by atoms with Crippen LogP contribution in [0.15, 0.2) is 12.1 Å². The zero-order chi connectivity index (χ0) is 17.8. The number of hydrogen-bond acceptors (Lipinski definition) is 2. The molecule has 25 heavy (non-hydrogen) atoms. The Morgan fingerprint density at radius 1 is 0.880 bits per heavy atom. The Morgan fingerprint density at radius 3 is 2.12 bits per heavy atom. The number of unbranched alkanes of at least 4 members (excludes halogenated alkanes) is 1. The Morgan fingerprint density at radius 2 is 1.48 bits per heavy atom. The van der Waals surface area contributed by atoms with E-state index in [0.29, 0.717) is 25.0 Å². The molecule has 1 aromatic rings. The quantitative estimate of drug-likeness (QED) is 0.572. The average Bonchev–Trinajstić information content (AvgIpc) is 3.19. The molecular formula is C21H30F2O2. The second-order valence-corrected chi connectivity index (χ2v) is 7.58. The van der Waals surface area contributed by atoms with Crippen molar-refractivity contribution < 1.29 is 18.3 Å². The Balaban J connectivity index is 1.57. The molecule has 2 aliphatic carbocycles. The van der Waals surface area contributed by atoms with Crippen molar-refractivity contribution in [3.63, 3.8) is 0 Å². The van der Waals surface area contributed by atoms with Gasteiger partial charge in [-0.2, -0.15) is 8.78 Å². The predicted octanol–water partition coefficient (Wildman–Crippen LogP) is 5.98.